The normalized spacial score (nSPS) is 21.0. The number of fused-ring (bicyclic) bond motifs is 2. The van der Waals surface area contributed by atoms with E-state index in [1.807, 2.05) is 59.0 Å². The Kier molecular flexibility index (Phi) is 6.07. The average molecular weight is 550 g/mol. The Balaban J connectivity index is 1.22. The standard InChI is InChI=1S/C28H24F3N6OS/c1-18-23-5-3-4-6-24(23)36-26(39-16-27(36,2)38)37(18)33-15-19-7-9-20(10-8-19)25-32-17-35(34-25)22-13-11-21(12-14-22)28(29,30)31/h3-15,17-18,38H,16H2,1-2H3/q+1/b33-15+. The Bertz CT molecular complexity index is 1590. The number of hydrogen-bond acceptors (Lipinski definition) is 6. The Labute approximate surface area is 226 Å². The summed E-state index contributed by atoms with van der Waals surface area (Å²) < 4.78 is 41.9. The van der Waals surface area contributed by atoms with E-state index in [1.54, 1.807) is 18.0 Å². The number of halogens is 3. The van der Waals surface area contributed by atoms with Crippen LogP contribution >= 0.6 is 11.8 Å². The summed E-state index contributed by atoms with van der Waals surface area (Å²) in [4.78, 5) is 4.32. The molecule has 0 aliphatic carbocycles. The van der Waals surface area contributed by atoms with Crippen LogP contribution in [0.2, 0.25) is 0 Å². The summed E-state index contributed by atoms with van der Waals surface area (Å²) in [5, 5.41) is 23.1. The zero-order valence-corrected chi connectivity index (χ0v) is 21.9. The van der Waals surface area contributed by atoms with E-state index in [1.165, 1.54) is 23.1 Å². The van der Waals surface area contributed by atoms with Crippen molar-refractivity contribution in [3.05, 3.63) is 95.8 Å². The fraction of sp³-hybridized carbons (Fsp3) is 0.214. The fourth-order valence-corrected chi connectivity index (χ4v) is 6.02. The topological polar surface area (TPSA) is 69.6 Å². The van der Waals surface area contributed by atoms with Gasteiger partial charge in [0.2, 0.25) is 5.72 Å². The van der Waals surface area contributed by atoms with E-state index < -0.39 is 17.5 Å². The van der Waals surface area contributed by atoms with Gasteiger partial charge in [0.25, 0.3) is 0 Å². The summed E-state index contributed by atoms with van der Waals surface area (Å²) in [5.74, 6) is 0.992. The second kappa shape index (κ2) is 9.35. The third kappa shape index (κ3) is 4.61. The van der Waals surface area contributed by atoms with E-state index in [0.717, 1.165) is 39.7 Å². The van der Waals surface area contributed by atoms with E-state index in [9.17, 15) is 18.3 Å². The SMILES string of the molecule is CC1c2ccccc2[N+]2=C(SCC2(C)O)N1/N=C/c1ccc(-c2ncn(-c3ccc(C(F)(F)F)cc3)n2)cc1. The largest absolute Gasteiger partial charge is 0.416 e. The summed E-state index contributed by atoms with van der Waals surface area (Å²) in [6.07, 6.45) is -1.14. The molecule has 3 aromatic carbocycles. The first-order valence-electron chi connectivity index (χ1n) is 12.3. The van der Waals surface area contributed by atoms with Crippen LogP contribution in [0.5, 0.6) is 0 Å². The van der Waals surface area contributed by atoms with Gasteiger partial charge in [0.05, 0.1) is 23.2 Å². The molecule has 2 aliphatic heterocycles. The molecule has 4 aromatic rings. The summed E-state index contributed by atoms with van der Waals surface area (Å²) in [6, 6.07) is 20.4. The summed E-state index contributed by atoms with van der Waals surface area (Å²) >= 11 is 1.58. The maximum atomic E-state index is 12.8. The van der Waals surface area contributed by atoms with Crippen LogP contribution in [0.4, 0.5) is 18.9 Å². The van der Waals surface area contributed by atoms with Crippen LogP contribution < -0.4 is 0 Å². The van der Waals surface area contributed by atoms with Crippen LogP contribution in [-0.4, -0.2) is 52.3 Å². The average Bonchev–Trinajstić information content (AvgIpc) is 3.53. The van der Waals surface area contributed by atoms with Crippen LogP contribution in [0.15, 0.2) is 84.2 Å². The predicted molar refractivity (Wildman–Crippen MR) is 144 cm³/mol. The molecule has 39 heavy (non-hydrogen) atoms. The minimum atomic E-state index is -4.39. The highest BCUT2D eigenvalue weighted by molar-refractivity contribution is 8.13. The molecule has 0 amide bonds. The number of aromatic nitrogens is 3. The van der Waals surface area contributed by atoms with Crippen molar-refractivity contribution in [1.29, 1.82) is 0 Å². The van der Waals surface area contributed by atoms with Gasteiger partial charge in [0, 0.05) is 18.1 Å². The van der Waals surface area contributed by atoms with E-state index in [4.69, 9.17) is 5.10 Å². The summed E-state index contributed by atoms with van der Waals surface area (Å²) in [6.45, 7) is 3.91. The zero-order chi connectivity index (χ0) is 27.4. The monoisotopic (exact) mass is 549 g/mol. The third-order valence-electron chi connectivity index (χ3n) is 6.79. The number of thioether (sulfide) groups is 1. The van der Waals surface area contributed by atoms with Crippen LogP contribution in [0, 0.1) is 0 Å². The first kappa shape index (κ1) is 25.3. The zero-order valence-electron chi connectivity index (χ0n) is 21.0. The molecule has 0 saturated carbocycles. The maximum Gasteiger partial charge on any atom is 0.416 e. The lowest BCUT2D eigenvalue weighted by molar-refractivity contribution is -0.581. The molecular formula is C28H24F3N6OS+. The van der Waals surface area contributed by atoms with Gasteiger partial charge in [-0.3, -0.25) is 0 Å². The minimum Gasteiger partial charge on any atom is -0.352 e. The molecule has 0 spiro atoms. The number of hydrazone groups is 1. The molecule has 2 unspecified atom stereocenters. The van der Waals surface area contributed by atoms with Crippen LogP contribution in [0.3, 0.4) is 0 Å². The van der Waals surface area contributed by atoms with Gasteiger partial charge in [0.1, 0.15) is 12.0 Å². The van der Waals surface area contributed by atoms with Crippen molar-refractivity contribution in [3.8, 4) is 17.1 Å². The molecular weight excluding hydrogens is 525 g/mol. The Morgan fingerprint density at radius 3 is 2.51 bits per heavy atom. The van der Waals surface area contributed by atoms with Gasteiger partial charge in [-0.05, 0) is 54.6 Å². The molecule has 6 rings (SSSR count). The Morgan fingerprint density at radius 1 is 1.08 bits per heavy atom. The van der Waals surface area contributed by atoms with Crippen molar-refractivity contribution >= 4 is 28.8 Å². The van der Waals surface area contributed by atoms with E-state index in [-0.39, 0.29) is 6.04 Å². The summed E-state index contributed by atoms with van der Waals surface area (Å²) in [7, 11) is 0. The molecule has 1 aromatic heterocycles. The van der Waals surface area contributed by atoms with Crippen molar-refractivity contribution in [1.82, 2.24) is 19.8 Å². The highest BCUT2D eigenvalue weighted by atomic mass is 32.2. The second-order valence-corrected chi connectivity index (χ2v) is 10.6. The number of alkyl halides is 3. The molecule has 3 heterocycles. The van der Waals surface area contributed by atoms with E-state index in [2.05, 4.69) is 23.1 Å². The molecule has 1 N–H and O–H groups in total. The lowest BCUT2D eigenvalue weighted by Gasteiger charge is -2.29. The molecule has 7 nitrogen and oxygen atoms in total. The van der Waals surface area contributed by atoms with Gasteiger partial charge in [-0.25, -0.2) is 9.67 Å². The molecule has 11 heteroatoms. The highest BCUT2D eigenvalue weighted by Crippen LogP contribution is 2.43. The van der Waals surface area contributed by atoms with Gasteiger partial charge in [-0.1, -0.05) is 47.6 Å². The molecule has 0 radical (unpaired) electrons. The number of amidine groups is 1. The first-order chi connectivity index (χ1) is 18.6. The number of rotatable bonds is 4. The van der Waals surface area contributed by atoms with Gasteiger partial charge in [0.15, 0.2) is 11.9 Å². The van der Waals surface area contributed by atoms with Crippen molar-refractivity contribution < 1.29 is 22.9 Å². The Hall–Kier alpha value is -3.96. The molecule has 0 fully saturated rings. The number of hydrogen-bond donors (Lipinski definition) is 1. The van der Waals surface area contributed by atoms with Gasteiger partial charge >= 0.3 is 11.3 Å². The minimum absolute atomic E-state index is 0.0114. The van der Waals surface area contributed by atoms with Crippen molar-refractivity contribution in [3.63, 3.8) is 0 Å². The maximum absolute atomic E-state index is 12.8. The van der Waals surface area contributed by atoms with Crippen LogP contribution in [0.1, 0.15) is 36.6 Å². The van der Waals surface area contributed by atoms with Gasteiger partial charge in [-0.15, -0.1) is 10.1 Å². The van der Waals surface area contributed by atoms with Crippen LogP contribution in [-0.2, 0) is 6.18 Å². The molecule has 2 atom stereocenters. The third-order valence-corrected chi connectivity index (χ3v) is 8.11. The Morgan fingerprint density at radius 2 is 1.79 bits per heavy atom. The number of benzene rings is 3. The van der Waals surface area contributed by atoms with Crippen LogP contribution in [0.25, 0.3) is 17.1 Å². The quantitative estimate of drug-likeness (QED) is 0.257. The van der Waals surface area contributed by atoms with Gasteiger partial charge < -0.3 is 5.11 Å². The van der Waals surface area contributed by atoms with E-state index >= 15 is 0 Å². The highest BCUT2D eigenvalue weighted by Gasteiger charge is 2.50. The van der Waals surface area contributed by atoms with E-state index in [0.29, 0.717) is 17.3 Å². The molecule has 0 saturated heterocycles. The number of nitrogens with zero attached hydrogens (tertiary/aromatic N) is 6. The smallest absolute Gasteiger partial charge is 0.352 e. The predicted octanol–water partition coefficient (Wildman–Crippen LogP) is 5.82. The summed E-state index contributed by atoms with van der Waals surface area (Å²) in [5.41, 5.74) is 2.48. The number of aliphatic hydroxyl groups is 1. The number of para-hydroxylation sites is 1. The second-order valence-electron chi connectivity index (χ2n) is 9.63. The van der Waals surface area contributed by atoms with Crippen molar-refractivity contribution in [2.24, 2.45) is 5.10 Å². The lowest BCUT2D eigenvalue weighted by atomic mass is 10.0. The lowest BCUT2D eigenvalue weighted by Crippen LogP contribution is -2.43. The fourth-order valence-electron chi connectivity index (χ4n) is 4.73. The molecule has 0 bridgehead atoms. The van der Waals surface area contributed by atoms with Crippen molar-refractivity contribution in [2.45, 2.75) is 31.8 Å². The van der Waals surface area contributed by atoms with Crippen molar-refractivity contribution in [2.75, 3.05) is 5.75 Å². The molecule has 2 aliphatic rings. The first-order valence-corrected chi connectivity index (χ1v) is 13.2. The van der Waals surface area contributed by atoms with Gasteiger partial charge in [-0.2, -0.15) is 17.7 Å². The molecule has 198 valence electrons.